The first kappa shape index (κ1) is 12.7. The quantitative estimate of drug-likeness (QED) is 0.850. The number of anilines is 1. The summed E-state index contributed by atoms with van der Waals surface area (Å²) in [5, 5.41) is 12.2. The summed E-state index contributed by atoms with van der Waals surface area (Å²) in [6.45, 7) is 4.87. The molecule has 1 heterocycles. The third-order valence-electron chi connectivity index (χ3n) is 3.06. The van der Waals surface area contributed by atoms with Crippen LogP contribution < -0.4 is 5.32 Å². The fourth-order valence-electron chi connectivity index (χ4n) is 1.99. The van der Waals surface area contributed by atoms with Crippen LogP contribution in [0.15, 0.2) is 34.7 Å². The van der Waals surface area contributed by atoms with Crippen molar-refractivity contribution in [2.75, 3.05) is 5.32 Å². The molecule has 0 saturated carbocycles. The average molecular weight is 245 g/mol. The minimum absolute atomic E-state index is 0.0513. The molecule has 3 heteroatoms. The van der Waals surface area contributed by atoms with E-state index in [-0.39, 0.29) is 6.61 Å². The second-order valence-electron chi connectivity index (χ2n) is 4.37. The Bertz CT molecular complexity index is 517. The molecule has 0 bridgehead atoms. The first-order valence-electron chi connectivity index (χ1n) is 6.24. The molecule has 1 aromatic carbocycles. The molecule has 0 unspecified atom stereocenters. The molecule has 2 rings (SSSR count). The molecule has 96 valence electrons. The molecule has 0 amide bonds. The van der Waals surface area contributed by atoms with Gasteiger partial charge in [-0.15, -0.1) is 0 Å². The van der Waals surface area contributed by atoms with Gasteiger partial charge < -0.3 is 14.8 Å². The number of nitrogens with one attached hydrogen (secondary N) is 1. The summed E-state index contributed by atoms with van der Waals surface area (Å²) >= 11 is 0. The van der Waals surface area contributed by atoms with Gasteiger partial charge in [0.1, 0.15) is 18.1 Å². The Balaban J connectivity index is 1.99. The Morgan fingerprint density at radius 1 is 1.17 bits per heavy atom. The smallest absolute Gasteiger partial charge is 0.129 e. The van der Waals surface area contributed by atoms with Crippen LogP contribution in [-0.2, 0) is 19.6 Å². The topological polar surface area (TPSA) is 45.4 Å². The number of hydrogen-bond acceptors (Lipinski definition) is 3. The Kier molecular flexibility index (Phi) is 4.05. The van der Waals surface area contributed by atoms with Crippen molar-refractivity contribution < 1.29 is 9.52 Å². The maximum atomic E-state index is 8.92. The Morgan fingerprint density at radius 3 is 2.56 bits per heavy atom. The predicted octanol–water partition coefficient (Wildman–Crippen LogP) is 3.25. The molecule has 0 spiro atoms. The van der Waals surface area contributed by atoms with Gasteiger partial charge in [0.05, 0.1) is 6.54 Å². The SMILES string of the molecule is CCc1ccc(NCc2ccc(CO)o2)cc1C. The van der Waals surface area contributed by atoms with Gasteiger partial charge in [-0.2, -0.15) is 0 Å². The highest BCUT2D eigenvalue weighted by Crippen LogP contribution is 2.17. The van der Waals surface area contributed by atoms with Crippen molar-refractivity contribution in [1.29, 1.82) is 0 Å². The molecular weight excluding hydrogens is 226 g/mol. The Morgan fingerprint density at radius 2 is 1.94 bits per heavy atom. The summed E-state index contributed by atoms with van der Waals surface area (Å²) in [7, 11) is 0. The number of aryl methyl sites for hydroxylation is 2. The highest BCUT2D eigenvalue weighted by Gasteiger charge is 2.02. The molecule has 1 aromatic heterocycles. The molecule has 2 aromatic rings. The number of aliphatic hydroxyl groups excluding tert-OH is 1. The van der Waals surface area contributed by atoms with Crippen LogP contribution in [0.4, 0.5) is 5.69 Å². The van der Waals surface area contributed by atoms with Crippen LogP contribution in [0.25, 0.3) is 0 Å². The lowest BCUT2D eigenvalue weighted by molar-refractivity contribution is 0.244. The fourth-order valence-corrected chi connectivity index (χ4v) is 1.99. The second kappa shape index (κ2) is 5.74. The lowest BCUT2D eigenvalue weighted by Crippen LogP contribution is -1.99. The van der Waals surface area contributed by atoms with Crippen LogP contribution in [0.3, 0.4) is 0 Å². The van der Waals surface area contributed by atoms with E-state index in [0.717, 1.165) is 17.9 Å². The van der Waals surface area contributed by atoms with E-state index in [4.69, 9.17) is 9.52 Å². The molecule has 0 aliphatic heterocycles. The number of benzene rings is 1. The normalized spacial score (nSPS) is 10.6. The van der Waals surface area contributed by atoms with Crippen molar-refractivity contribution in [3.63, 3.8) is 0 Å². The lowest BCUT2D eigenvalue weighted by Gasteiger charge is -2.08. The van der Waals surface area contributed by atoms with Gasteiger partial charge in [0.2, 0.25) is 0 Å². The Hall–Kier alpha value is -1.74. The summed E-state index contributed by atoms with van der Waals surface area (Å²) in [5.74, 6) is 1.43. The largest absolute Gasteiger partial charge is 0.462 e. The van der Waals surface area contributed by atoms with Gasteiger partial charge in [0.25, 0.3) is 0 Å². The van der Waals surface area contributed by atoms with Gasteiger partial charge in [0, 0.05) is 5.69 Å². The van der Waals surface area contributed by atoms with Gasteiger partial charge in [-0.3, -0.25) is 0 Å². The number of hydrogen-bond donors (Lipinski definition) is 2. The van der Waals surface area contributed by atoms with Crippen LogP contribution in [0.2, 0.25) is 0 Å². The first-order chi connectivity index (χ1) is 8.72. The van der Waals surface area contributed by atoms with Gasteiger partial charge in [-0.25, -0.2) is 0 Å². The van der Waals surface area contributed by atoms with E-state index in [1.807, 2.05) is 6.07 Å². The zero-order chi connectivity index (χ0) is 13.0. The maximum absolute atomic E-state index is 8.92. The molecule has 3 nitrogen and oxygen atoms in total. The average Bonchev–Trinajstić information content (AvgIpc) is 2.84. The van der Waals surface area contributed by atoms with E-state index in [9.17, 15) is 0 Å². The zero-order valence-corrected chi connectivity index (χ0v) is 10.9. The van der Waals surface area contributed by atoms with E-state index < -0.39 is 0 Å². The molecule has 0 fully saturated rings. The highest BCUT2D eigenvalue weighted by atomic mass is 16.4. The van der Waals surface area contributed by atoms with Gasteiger partial charge in [-0.1, -0.05) is 13.0 Å². The number of furan rings is 1. The van der Waals surface area contributed by atoms with Crippen molar-refractivity contribution in [2.24, 2.45) is 0 Å². The van der Waals surface area contributed by atoms with E-state index >= 15 is 0 Å². The summed E-state index contributed by atoms with van der Waals surface area (Å²) in [5.41, 5.74) is 3.77. The van der Waals surface area contributed by atoms with E-state index in [0.29, 0.717) is 12.3 Å². The van der Waals surface area contributed by atoms with Crippen LogP contribution in [0.5, 0.6) is 0 Å². The van der Waals surface area contributed by atoms with Crippen molar-refractivity contribution in [1.82, 2.24) is 0 Å². The van der Waals surface area contributed by atoms with Crippen LogP contribution in [-0.4, -0.2) is 5.11 Å². The minimum atomic E-state index is -0.0513. The monoisotopic (exact) mass is 245 g/mol. The van der Waals surface area contributed by atoms with E-state index in [1.165, 1.54) is 11.1 Å². The molecule has 18 heavy (non-hydrogen) atoms. The summed E-state index contributed by atoms with van der Waals surface area (Å²) in [6, 6.07) is 10.1. The second-order valence-corrected chi connectivity index (χ2v) is 4.37. The lowest BCUT2D eigenvalue weighted by atomic mass is 10.1. The van der Waals surface area contributed by atoms with Crippen molar-refractivity contribution in [3.05, 3.63) is 53.0 Å². The Labute approximate surface area is 107 Å². The first-order valence-corrected chi connectivity index (χ1v) is 6.24. The van der Waals surface area contributed by atoms with Crippen LogP contribution in [0.1, 0.15) is 29.6 Å². The standard InChI is InChI=1S/C15H19NO2/c1-3-12-4-5-13(8-11(12)2)16-9-14-6-7-15(10-17)18-14/h4-8,16-17H,3,9-10H2,1-2H3. The molecule has 0 aliphatic rings. The zero-order valence-electron chi connectivity index (χ0n) is 10.9. The van der Waals surface area contributed by atoms with Gasteiger partial charge >= 0.3 is 0 Å². The molecule has 0 radical (unpaired) electrons. The van der Waals surface area contributed by atoms with Gasteiger partial charge in [0.15, 0.2) is 0 Å². The van der Waals surface area contributed by atoms with E-state index in [2.05, 4.69) is 37.4 Å². The maximum Gasteiger partial charge on any atom is 0.129 e. The highest BCUT2D eigenvalue weighted by molar-refractivity contribution is 5.48. The van der Waals surface area contributed by atoms with Crippen LogP contribution >= 0.6 is 0 Å². The van der Waals surface area contributed by atoms with Gasteiger partial charge in [-0.05, 0) is 48.7 Å². The van der Waals surface area contributed by atoms with Crippen LogP contribution in [0, 0.1) is 6.92 Å². The summed E-state index contributed by atoms with van der Waals surface area (Å²) in [6.07, 6.45) is 1.06. The third kappa shape index (κ3) is 2.93. The minimum Gasteiger partial charge on any atom is -0.462 e. The molecule has 0 aliphatic carbocycles. The molecule has 2 N–H and O–H groups in total. The molecule has 0 saturated heterocycles. The van der Waals surface area contributed by atoms with Crippen molar-refractivity contribution in [2.45, 2.75) is 33.4 Å². The van der Waals surface area contributed by atoms with E-state index in [1.54, 1.807) is 6.07 Å². The van der Waals surface area contributed by atoms with Crippen molar-refractivity contribution >= 4 is 5.69 Å². The summed E-state index contributed by atoms with van der Waals surface area (Å²) in [4.78, 5) is 0. The fraction of sp³-hybridized carbons (Fsp3) is 0.333. The number of rotatable bonds is 5. The third-order valence-corrected chi connectivity index (χ3v) is 3.06. The predicted molar refractivity (Wildman–Crippen MR) is 72.5 cm³/mol. The van der Waals surface area contributed by atoms with Crippen molar-refractivity contribution in [3.8, 4) is 0 Å². The summed E-state index contributed by atoms with van der Waals surface area (Å²) < 4.78 is 5.42. The number of aliphatic hydroxyl groups is 1. The molecule has 0 atom stereocenters. The molecular formula is C15H19NO2.